The maximum Gasteiger partial charge on any atom is 0.142 e. The van der Waals surface area contributed by atoms with Gasteiger partial charge in [-0.25, -0.2) is 4.39 Å². The summed E-state index contributed by atoms with van der Waals surface area (Å²) in [5.74, 6) is 7.89. The van der Waals surface area contributed by atoms with Gasteiger partial charge < -0.3 is 0 Å². The second-order valence-electron chi connectivity index (χ2n) is 7.69. The summed E-state index contributed by atoms with van der Waals surface area (Å²) in [5, 5.41) is 0.154. The molecule has 0 atom stereocenters. The van der Waals surface area contributed by atoms with Crippen molar-refractivity contribution in [2.24, 2.45) is 11.8 Å². The van der Waals surface area contributed by atoms with Gasteiger partial charge in [0, 0.05) is 11.5 Å². The topological polar surface area (TPSA) is 0 Å². The van der Waals surface area contributed by atoms with Crippen LogP contribution in [0.15, 0.2) is 42.5 Å². The first-order chi connectivity index (χ1) is 13.2. The van der Waals surface area contributed by atoms with E-state index < -0.39 is 0 Å². The Morgan fingerprint density at radius 1 is 0.963 bits per heavy atom. The molecule has 142 valence electrons. The number of benzene rings is 2. The zero-order valence-electron chi connectivity index (χ0n) is 16.1. The summed E-state index contributed by atoms with van der Waals surface area (Å²) < 4.78 is 13.6. The van der Waals surface area contributed by atoms with E-state index in [1.807, 2.05) is 30.3 Å². The monoisotopic (exact) mass is 382 g/mol. The number of hydrogen-bond acceptors (Lipinski definition) is 0. The van der Waals surface area contributed by atoms with Crippen molar-refractivity contribution in [3.05, 3.63) is 58.9 Å². The molecule has 0 heterocycles. The van der Waals surface area contributed by atoms with Crippen LogP contribution in [-0.2, 0) is 0 Å². The molecule has 0 N–H and O–H groups in total. The lowest BCUT2D eigenvalue weighted by Gasteiger charge is -2.25. The van der Waals surface area contributed by atoms with Crippen LogP contribution >= 0.6 is 11.6 Å². The largest absolute Gasteiger partial charge is 0.205 e. The average Bonchev–Trinajstić information content (AvgIpc) is 2.70. The fraction of sp³-hybridized carbons (Fsp3) is 0.440. The van der Waals surface area contributed by atoms with Crippen LogP contribution in [0.4, 0.5) is 4.39 Å². The molecule has 2 heteroatoms. The first-order valence-corrected chi connectivity index (χ1v) is 10.6. The van der Waals surface area contributed by atoms with Crippen LogP contribution in [-0.4, -0.2) is 0 Å². The van der Waals surface area contributed by atoms with Gasteiger partial charge in [0.05, 0.1) is 5.02 Å². The lowest BCUT2D eigenvalue weighted by molar-refractivity contribution is 0.294. The molecule has 0 unspecified atom stereocenters. The summed E-state index contributed by atoms with van der Waals surface area (Å²) in [5.41, 5.74) is 2.83. The molecule has 1 aliphatic carbocycles. The van der Waals surface area contributed by atoms with Gasteiger partial charge in [-0.3, -0.25) is 0 Å². The summed E-state index contributed by atoms with van der Waals surface area (Å²) in [7, 11) is 0. The van der Waals surface area contributed by atoms with E-state index in [4.69, 9.17) is 11.6 Å². The van der Waals surface area contributed by atoms with Crippen LogP contribution in [0.5, 0.6) is 0 Å². The van der Waals surface area contributed by atoms with Crippen molar-refractivity contribution in [3.8, 4) is 23.0 Å². The summed E-state index contributed by atoms with van der Waals surface area (Å²) in [6, 6.07) is 12.9. The Balaban J connectivity index is 1.54. The van der Waals surface area contributed by atoms with Gasteiger partial charge in [-0.05, 0) is 67.0 Å². The van der Waals surface area contributed by atoms with Crippen molar-refractivity contribution >= 4 is 11.6 Å². The summed E-state index contributed by atoms with van der Waals surface area (Å²) >= 11 is 5.76. The van der Waals surface area contributed by atoms with Crippen LogP contribution in [0, 0.1) is 29.5 Å². The summed E-state index contributed by atoms with van der Waals surface area (Å²) in [6.45, 7) is 2.27. The van der Waals surface area contributed by atoms with E-state index in [1.165, 1.54) is 57.4 Å². The summed E-state index contributed by atoms with van der Waals surface area (Å²) in [6.07, 6.45) is 10.6. The molecular weight excluding hydrogens is 355 g/mol. The Morgan fingerprint density at radius 2 is 1.67 bits per heavy atom. The molecule has 0 amide bonds. The molecule has 2 aromatic rings. The van der Waals surface area contributed by atoms with Gasteiger partial charge in [0.2, 0.25) is 0 Å². The van der Waals surface area contributed by atoms with Gasteiger partial charge in [-0.15, -0.1) is 0 Å². The Morgan fingerprint density at radius 3 is 2.33 bits per heavy atom. The molecule has 0 spiro atoms. The van der Waals surface area contributed by atoms with Crippen LogP contribution < -0.4 is 0 Å². The van der Waals surface area contributed by atoms with Crippen molar-refractivity contribution < 1.29 is 4.39 Å². The SMILES string of the molecule is CCCCC[C@H]1CC[C@H](C#Cc2ccc(-c3ccc(Cl)c(F)c3)cc2)CC1. The molecule has 1 fully saturated rings. The first-order valence-electron chi connectivity index (χ1n) is 10.2. The number of unbranched alkanes of at least 4 members (excludes halogenated alkanes) is 2. The zero-order valence-corrected chi connectivity index (χ0v) is 16.9. The minimum Gasteiger partial charge on any atom is -0.205 e. The van der Waals surface area contributed by atoms with Gasteiger partial charge in [0.1, 0.15) is 5.82 Å². The molecule has 1 aliphatic rings. The smallest absolute Gasteiger partial charge is 0.142 e. The highest BCUT2D eigenvalue weighted by Gasteiger charge is 2.19. The lowest BCUT2D eigenvalue weighted by Crippen LogP contribution is -2.13. The fourth-order valence-electron chi connectivity index (χ4n) is 3.89. The minimum absolute atomic E-state index is 0.154. The van der Waals surface area contributed by atoms with Gasteiger partial charge >= 0.3 is 0 Å². The molecule has 27 heavy (non-hydrogen) atoms. The fourth-order valence-corrected chi connectivity index (χ4v) is 4.00. The average molecular weight is 383 g/mol. The third kappa shape index (κ3) is 5.85. The quantitative estimate of drug-likeness (QED) is 0.364. The molecule has 0 saturated heterocycles. The van der Waals surface area contributed by atoms with E-state index in [0.29, 0.717) is 5.92 Å². The van der Waals surface area contributed by atoms with Crippen molar-refractivity contribution in [2.45, 2.75) is 58.3 Å². The molecule has 0 radical (unpaired) electrons. The van der Waals surface area contributed by atoms with Crippen molar-refractivity contribution in [2.75, 3.05) is 0 Å². The van der Waals surface area contributed by atoms with Crippen LogP contribution in [0.2, 0.25) is 5.02 Å². The lowest BCUT2D eigenvalue weighted by atomic mass is 9.80. The van der Waals surface area contributed by atoms with E-state index in [-0.39, 0.29) is 10.8 Å². The molecule has 1 saturated carbocycles. The third-order valence-corrected chi connectivity index (χ3v) is 5.93. The number of hydrogen-bond donors (Lipinski definition) is 0. The van der Waals surface area contributed by atoms with E-state index >= 15 is 0 Å². The highest BCUT2D eigenvalue weighted by molar-refractivity contribution is 6.30. The van der Waals surface area contributed by atoms with Crippen LogP contribution in [0.25, 0.3) is 11.1 Å². The van der Waals surface area contributed by atoms with Gasteiger partial charge in [0.15, 0.2) is 0 Å². The minimum atomic E-state index is -0.386. The van der Waals surface area contributed by atoms with Gasteiger partial charge in [-0.2, -0.15) is 0 Å². The second kappa shape index (κ2) is 9.95. The highest BCUT2D eigenvalue weighted by Crippen LogP contribution is 2.31. The number of rotatable bonds is 5. The molecule has 3 rings (SSSR count). The third-order valence-electron chi connectivity index (χ3n) is 5.62. The van der Waals surface area contributed by atoms with Gasteiger partial charge in [0.25, 0.3) is 0 Å². The van der Waals surface area contributed by atoms with Crippen molar-refractivity contribution in [3.63, 3.8) is 0 Å². The predicted octanol–water partition coefficient (Wildman–Crippen LogP) is 7.88. The van der Waals surface area contributed by atoms with E-state index in [0.717, 1.165) is 22.6 Å². The van der Waals surface area contributed by atoms with Crippen molar-refractivity contribution in [1.82, 2.24) is 0 Å². The van der Waals surface area contributed by atoms with E-state index in [9.17, 15) is 4.39 Å². The molecule has 0 aliphatic heterocycles. The van der Waals surface area contributed by atoms with E-state index in [1.54, 1.807) is 6.07 Å². The zero-order chi connectivity index (χ0) is 19.1. The Bertz CT molecular complexity index is 789. The first kappa shape index (κ1) is 20.0. The molecule has 0 aromatic heterocycles. The van der Waals surface area contributed by atoms with Gasteiger partial charge in [-0.1, -0.05) is 74.2 Å². The maximum atomic E-state index is 13.6. The maximum absolute atomic E-state index is 13.6. The molecule has 0 bridgehead atoms. The normalized spacial score (nSPS) is 19.4. The van der Waals surface area contributed by atoms with Crippen molar-refractivity contribution in [1.29, 1.82) is 0 Å². The second-order valence-corrected chi connectivity index (χ2v) is 8.10. The Kier molecular flexibility index (Phi) is 7.36. The van der Waals surface area contributed by atoms with E-state index in [2.05, 4.69) is 18.8 Å². The molecule has 0 nitrogen and oxygen atoms in total. The summed E-state index contributed by atoms with van der Waals surface area (Å²) in [4.78, 5) is 0. The predicted molar refractivity (Wildman–Crippen MR) is 113 cm³/mol. The Hall–Kier alpha value is -1.78. The van der Waals surface area contributed by atoms with Crippen LogP contribution in [0.3, 0.4) is 0 Å². The standard InChI is InChI=1S/C25H28ClF/c1-2-3-4-5-19-6-8-20(9-7-19)10-11-21-12-14-22(15-13-21)23-16-17-24(26)25(27)18-23/h12-20H,2-9H2,1H3/t19-,20-. The molecular formula is C25H28ClF. The Labute approximate surface area is 168 Å². The highest BCUT2D eigenvalue weighted by atomic mass is 35.5. The molecule has 2 aromatic carbocycles. The number of halogens is 2. The van der Waals surface area contributed by atoms with Crippen LogP contribution in [0.1, 0.15) is 63.9 Å².